The summed E-state index contributed by atoms with van der Waals surface area (Å²) in [6, 6.07) is 24.8. The number of para-hydroxylation sites is 2. The first-order chi connectivity index (χ1) is 17.6. The number of carbonyl (C=O) groups is 2. The average molecular weight is 482 g/mol. The zero-order valence-electron chi connectivity index (χ0n) is 19.9. The molecule has 0 radical (unpaired) electrons. The van der Waals surface area contributed by atoms with Gasteiger partial charge in [-0.2, -0.15) is 0 Å². The standard InChI is InChI=1S/C30H27NO5/c32-28(35-20-23-19-22(30(34)36-23)18-21-10-2-1-3-11-21)16-8-9-17-31-26-14-6-4-12-24(26)29(33)25-13-5-7-15-27(25)31/h1-7,10-15,18,23H,8-9,16-17,19-20H2/b22-18+. The number of benzene rings is 3. The molecule has 0 aliphatic carbocycles. The summed E-state index contributed by atoms with van der Waals surface area (Å²) in [4.78, 5) is 37.3. The van der Waals surface area contributed by atoms with Gasteiger partial charge < -0.3 is 14.0 Å². The lowest BCUT2D eigenvalue weighted by Gasteiger charge is -2.15. The number of esters is 2. The van der Waals surface area contributed by atoms with Crippen molar-refractivity contribution in [3.8, 4) is 0 Å². The fraction of sp³-hybridized carbons (Fsp3) is 0.233. The number of cyclic esters (lactones) is 1. The van der Waals surface area contributed by atoms with Crippen LogP contribution >= 0.6 is 0 Å². The molecule has 1 aromatic heterocycles. The Morgan fingerprint density at radius 3 is 2.22 bits per heavy atom. The van der Waals surface area contributed by atoms with E-state index in [-0.39, 0.29) is 30.4 Å². The Balaban J connectivity index is 1.14. The molecule has 6 heteroatoms. The molecule has 5 rings (SSSR count). The van der Waals surface area contributed by atoms with Gasteiger partial charge in [0.15, 0.2) is 5.43 Å². The Morgan fingerprint density at radius 1 is 0.889 bits per heavy atom. The first-order valence-electron chi connectivity index (χ1n) is 12.2. The highest BCUT2D eigenvalue weighted by atomic mass is 16.6. The number of unbranched alkanes of at least 4 members (excludes halogenated alkanes) is 1. The van der Waals surface area contributed by atoms with Crippen LogP contribution < -0.4 is 5.43 Å². The molecule has 0 N–H and O–H groups in total. The Kier molecular flexibility index (Phi) is 6.94. The average Bonchev–Trinajstić information content (AvgIpc) is 3.26. The number of fused-ring (bicyclic) bond motifs is 2. The number of aryl methyl sites for hydroxylation is 1. The third-order valence-corrected chi connectivity index (χ3v) is 6.45. The van der Waals surface area contributed by atoms with Crippen molar-refractivity contribution in [3.63, 3.8) is 0 Å². The maximum Gasteiger partial charge on any atom is 0.334 e. The molecule has 36 heavy (non-hydrogen) atoms. The molecular weight excluding hydrogens is 454 g/mol. The molecule has 0 spiro atoms. The third-order valence-electron chi connectivity index (χ3n) is 6.45. The number of rotatable bonds is 8. The van der Waals surface area contributed by atoms with Gasteiger partial charge in [-0.1, -0.05) is 54.6 Å². The first kappa shape index (κ1) is 23.5. The van der Waals surface area contributed by atoms with Crippen LogP contribution in [0, 0.1) is 0 Å². The van der Waals surface area contributed by atoms with Gasteiger partial charge in [-0.05, 0) is 48.7 Å². The van der Waals surface area contributed by atoms with Crippen molar-refractivity contribution in [2.24, 2.45) is 0 Å². The minimum absolute atomic E-state index is 0.0374. The van der Waals surface area contributed by atoms with Crippen LogP contribution in [0.15, 0.2) is 89.2 Å². The molecule has 182 valence electrons. The van der Waals surface area contributed by atoms with Gasteiger partial charge in [0, 0.05) is 35.7 Å². The van der Waals surface area contributed by atoms with Gasteiger partial charge in [-0.15, -0.1) is 0 Å². The number of ether oxygens (including phenoxy) is 2. The molecule has 1 aliphatic heterocycles. The molecule has 0 saturated carbocycles. The molecule has 1 atom stereocenters. The van der Waals surface area contributed by atoms with E-state index in [0.29, 0.717) is 35.7 Å². The topological polar surface area (TPSA) is 74.6 Å². The molecule has 0 bridgehead atoms. The molecule has 1 saturated heterocycles. The SMILES string of the molecule is O=C(CCCCn1c2ccccc2c(=O)c2ccccc21)OCC1C/C(=C\c2ccccc2)C(=O)O1. The van der Waals surface area contributed by atoms with Gasteiger partial charge in [-0.25, -0.2) is 4.79 Å². The van der Waals surface area contributed by atoms with Gasteiger partial charge >= 0.3 is 11.9 Å². The Hall–Kier alpha value is -4.19. The Labute approximate surface area is 208 Å². The van der Waals surface area contributed by atoms with Crippen molar-refractivity contribution in [2.75, 3.05) is 6.61 Å². The number of hydrogen-bond donors (Lipinski definition) is 0. The summed E-state index contributed by atoms with van der Waals surface area (Å²) in [5, 5.41) is 1.39. The quantitative estimate of drug-likeness (QED) is 0.148. The first-order valence-corrected chi connectivity index (χ1v) is 12.2. The van der Waals surface area contributed by atoms with Crippen molar-refractivity contribution in [3.05, 3.63) is 100 Å². The molecule has 6 nitrogen and oxygen atoms in total. The second-order valence-electron chi connectivity index (χ2n) is 8.97. The fourth-order valence-corrected chi connectivity index (χ4v) is 4.67. The lowest BCUT2D eigenvalue weighted by molar-refractivity contribution is -0.152. The van der Waals surface area contributed by atoms with E-state index in [9.17, 15) is 14.4 Å². The zero-order valence-corrected chi connectivity index (χ0v) is 19.9. The van der Waals surface area contributed by atoms with E-state index < -0.39 is 6.10 Å². The normalized spacial score (nSPS) is 16.5. The predicted octanol–water partition coefficient (Wildman–Crippen LogP) is 5.27. The lowest BCUT2D eigenvalue weighted by Crippen LogP contribution is -2.18. The summed E-state index contributed by atoms with van der Waals surface area (Å²) in [5.74, 6) is -0.665. The van der Waals surface area contributed by atoms with E-state index in [1.165, 1.54) is 0 Å². The van der Waals surface area contributed by atoms with Crippen molar-refractivity contribution in [1.29, 1.82) is 0 Å². The minimum Gasteiger partial charge on any atom is -0.462 e. The van der Waals surface area contributed by atoms with Crippen molar-refractivity contribution in [2.45, 2.75) is 38.3 Å². The maximum absolute atomic E-state index is 12.9. The van der Waals surface area contributed by atoms with E-state index >= 15 is 0 Å². The second kappa shape index (κ2) is 10.6. The van der Waals surface area contributed by atoms with Crippen LogP contribution in [0.4, 0.5) is 0 Å². The lowest BCUT2D eigenvalue weighted by atomic mass is 10.1. The maximum atomic E-state index is 12.9. The zero-order chi connectivity index (χ0) is 24.9. The predicted molar refractivity (Wildman–Crippen MR) is 139 cm³/mol. The summed E-state index contributed by atoms with van der Waals surface area (Å²) < 4.78 is 12.9. The summed E-state index contributed by atoms with van der Waals surface area (Å²) in [7, 11) is 0. The second-order valence-corrected chi connectivity index (χ2v) is 8.97. The molecule has 4 aromatic rings. The van der Waals surface area contributed by atoms with E-state index in [4.69, 9.17) is 9.47 Å². The Bertz CT molecular complexity index is 1440. The minimum atomic E-state index is -0.449. The van der Waals surface area contributed by atoms with E-state index in [2.05, 4.69) is 4.57 Å². The monoisotopic (exact) mass is 481 g/mol. The van der Waals surface area contributed by atoms with Crippen LogP contribution in [0.2, 0.25) is 0 Å². The van der Waals surface area contributed by atoms with E-state index in [1.54, 1.807) is 0 Å². The van der Waals surface area contributed by atoms with E-state index in [0.717, 1.165) is 23.0 Å². The summed E-state index contributed by atoms with van der Waals surface area (Å²) in [6.07, 6.45) is 3.48. The number of nitrogens with zero attached hydrogens (tertiary/aromatic N) is 1. The number of pyridine rings is 1. The van der Waals surface area contributed by atoms with Crippen LogP contribution in [0.5, 0.6) is 0 Å². The highest BCUT2D eigenvalue weighted by Gasteiger charge is 2.29. The summed E-state index contributed by atoms with van der Waals surface area (Å²) in [6.45, 7) is 0.744. The van der Waals surface area contributed by atoms with E-state index in [1.807, 2.05) is 84.9 Å². The van der Waals surface area contributed by atoms with Gasteiger partial charge in [0.2, 0.25) is 0 Å². The number of hydrogen-bond acceptors (Lipinski definition) is 5. The van der Waals surface area contributed by atoms with Crippen molar-refractivity contribution in [1.82, 2.24) is 4.57 Å². The smallest absolute Gasteiger partial charge is 0.334 e. The molecule has 0 amide bonds. The van der Waals surface area contributed by atoms with Gasteiger partial charge in [0.25, 0.3) is 0 Å². The summed E-state index contributed by atoms with van der Waals surface area (Å²) in [5.41, 5.74) is 3.35. The highest BCUT2D eigenvalue weighted by molar-refractivity contribution is 5.96. The van der Waals surface area contributed by atoms with Gasteiger partial charge in [0.05, 0.1) is 11.0 Å². The van der Waals surface area contributed by atoms with Crippen LogP contribution in [0.25, 0.3) is 27.9 Å². The molecule has 3 aromatic carbocycles. The van der Waals surface area contributed by atoms with Crippen LogP contribution in [-0.2, 0) is 25.6 Å². The molecule has 1 fully saturated rings. The number of carbonyl (C=O) groups excluding carboxylic acids is 2. The summed E-state index contributed by atoms with van der Waals surface area (Å²) >= 11 is 0. The van der Waals surface area contributed by atoms with Crippen molar-refractivity contribution >= 4 is 39.8 Å². The van der Waals surface area contributed by atoms with Crippen LogP contribution in [0.1, 0.15) is 31.2 Å². The molecular formula is C30H27NO5. The fourth-order valence-electron chi connectivity index (χ4n) is 4.67. The number of aromatic nitrogens is 1. The molecule has 2 heterocycles. The van der Waals surface area contributed by atoms with Crippen LogP contribution in [-0.4, -0.2) is 29.2 Å². The van der Waals surface area contributed by atoms with Crippen LogP contribution in [0.3, 0.4) is 0 Å². The van der Waals surface area contributed by atoms with Gasteiger partial charge in [-0.3, -0.25) is 9.59 Å². The third kappa shape index (κ3) is 5.08. The molecule has 1 unspecified atom stereocenters. The highest BCUT2D eigenvalue weighted by Crippen LogP contribution is 2.24. The molecule has 1 aliphatic rings. The largest absolute Gasteiger partial charge is 0.462 e. The Morgan fingerprint density at radius 2 is 1.53 bits per heavy atom. The van der Waals surface area contributed by atoms with Gasteiger partial charge in [0.1, 0.15) is 12.7 Å². The van der Waals surface area contributed by atoms with Crippen molar-refractivity contribution < 1.29 is 19.1 Å².